The van der Waals surface area contributed by atoms with Crippen molar-refractivity contribution in [2.75, 3.05) is 0 Å². The van der Waals surface area contributed by atoms with Crippen LogP contribution < -0.4 is 5.32 Å². The molecule has 1 aromatic carbocycles. The fourth-order valence-corrected chi connectivity index (χ4v) is 1.97. The summed E-state index contributed by atoms with van der Waals surface area (Å²) >= 11 is 0. The SMILES string of the molecule is CCCC(=O)N[C@H](C)c1ccc(-n2ccnc2)cc1. The fourth-order valence-electron chi connectivity index (χ4n) is 1.97. The van der Waals surface area contributed by atoms with Gasteiger partial charge in [-0.25, -0.2) is 4.98 Å². The lowest BCUT2D eigenvalue weighted by Crippen LogP contribution is -2.26. The smallest absolute Gasteiger partial charge is 0.220 e. The molecule has 0 aliphatic heterocycles. The van der Waals surface area contributed by atoms with Crippen molar-refractivity contribution in [3.63, 3.8) is 0 Å². The maximum atomic E-state index is 11.6. The largest absolute Gasteiger partial charge is 0.350 e. The van der Waals surface area contributed by atoms with E-state index in [-0.39, 0.29) is 11.9 Å². The molecule has 0 unspecified atom stereocenters. The van der Waals surface area contributed by atoms with Crippen molar-refractivity contribution in [2.24, 2.45) is 0 Å². The minimum Gasteiger partial charge on any atom is -0.350 e. The summed E-state index contributed by atoms with van der Waals surface area (Å²) in [5, 5.41) is 2.99. The van der Waals surface area contributed by atoms with Crippen molar-refractivity contribution in [3.8, 4) is 5.69 Å². The van der Waals surface area contributed by atoms with E-state index in [1.165, 1.54) is 0 Å². The molecule has 19 heavy (non-hydrogen) atoms. The van der Waals surface area contributed by atoms with E-state index in [0.29, 0.717) is 6.42 Å². The molecule has 1 atom stereocenters. The van der Waals surface area contributed by atoms with Gasteiger partial charge in [-0.3, -0.25) is 4.79 Å². The summed E-state index contributed by atoms with van der Waals surface area (Å²) in [6.45, 7) is 4.00. The van der Waals surface area contributed by atoms with Gasteiger partial charge in [-0.05, 0) is 31.0 Å². The third-order valence-electron chi connectivity index (χ3n) is 3.05. The molecule has 4 nitrogen and oxygen atoms in total. The van der Waals surface area contributed by atoms with E-state index in [2.05, 4.69) is 10.3 Å². The first-order valence-electron chi connectivity index (χ1n) is 6.58. The van der Waals surface area contributed by atoms with Crippen LogP contribution in [0.15, 0.2) is 43.0 Å². The van der Waals surface area contributed by atoms with E-state index in [1.54, 1.807) is 12.5 Å². The molecule has 1 aromatic heterocycles. The van der Waals surface area contributed by atoms with Crippen LogP contribution in [0, 0.1) is 0 Å². The van der Waals surface area contributed by atoms with Gasteiger partial charge < -0.3 is 9.88 Å². The topological polar surface area (TPSA) is 46.9 Å². The lowest BCUT2D eigenvalue weighted by molar-refractivity contribution is -0.121. The molecule has 0 radical (unpaired) electrons. The van der Waals surface area contributed by atoms with Crippen LogP contribution >= 0.6 is 0 Å². The minimum absolute atomic E-state index is 0.0379. The van der Waals surface area contributed by atoms with Crippen LogP contribution in [0.4, 0.5) is 0 Å². The molecule has 0 saturated carbocycles. The predicted molar refractivity (Wildman–Crippen MR) is 75.0 cm³/mol. The Hall–Kier alpha value is -2.10. The molecule has 0 saturated heterocycles. The molecular weight excluding hydrogens is 238 g/mol. The summed E-state index contributed by atoms with van der Waals surface area (Å²) in [7, 11) is 0. The number of nitrogens with zero attached hydrogens (tertiary/aromatic N) is 2. The summed E-state index contributed by atoms with van der Waals surface area (Å²) in [5.41, 5.74) is 2.17. The second kappa shape index (κ2) is 6.18. The van der Waals surface area contributed by atoms with E-state index < -0.39 is 0 Å². The van der Waals surface area contributed by atoms with Crippen molar-refractivity contribution < 1.29 is 4.79 Å². The van der Waals surface area contributed by atoms with E-state index in [9.17, 15) is 4.79 Å². The second-order valence-corrected chi connectivity index (χ2v) is 4.60. The number of hydrogen-bond donors (Lipinski definition) is 1. The van der Waals surface area contributed by atoms with Crippen LogP contribution in [0.2, 0.25) is 0 Å². The molecule has 0 aliphatic rings. The molecule has 2 rings (SSSR count). The van der Waals surface area contributed by atoms with Gasteiger partial charge in [0.2, 0.25) is 5.91 Å². The highest BCUT2D eigenvalue weighted by Crippen LogP contribution is 2.15. The number of amides is 1. The Morgan fingerprint density at radius 2 is 2.11 bits per heavy atom. The Morgan fingerprint density at radius 1 is 1.37 bits per heavy atom. The average molecular weight is 257 g/mol. The van der Waals surface area contributed by atoms with Crippen molar-refractivity contribution in [2.45, 2.75) is 32.7 Å². The van der Waals surface area contributed by atoms with Crippen molar-refractivity contribution >= 4 is 5.91 Å². The number of rotatable bonds is 5. The molecule has 1 amide bonds. The zero-order valence-corrected chi connectivity index (χ0v) is 11.3. The summed E-state index contributed by atoms with van der Waals surface area (Å²) in [6.07, 6.45) is 6.88. The van der Waals surface area contributed by atoms with Gasteiger partial charge in [0, 0.05) is 24.5 Å². The summed E-state index contributed by atoms with van der Waals surface area (Å²) in [6, 6.07) is 8.16. The third-order valence-corrected chi connectivity index (χ3v) is 3.05. The van der Waals surface area contributed by atoms with Crippen LogP contribution in [0.3, 0.4) is 0 Å². The second-order valence-electron chi connectivity index (χ2n) is 4.60. The highest BCUT2D eigenvalue weighted by Gasteiger charge is 2.08. The third kappa shape index (κ3) is 3.44. The van der Waals surface area contributed by atoms with Gasteiger partial charge >= 0.3 is 0 Å². The maximum Gasteiger partial charge on any atom is 0.220 e. The van der Waals surface area contributed by atoms with Crippen LogP contribution in [-0.4, -0.2) is 15.5 Å². The van der Waals surface area contributed by atoms with Crippen LogP contribution in [0.1, 0.15) is 38.3 Å². The number of carbonyl (C=O) groups is 1. The van der Waals surface area contributed by atoms with Crippen molar-refractivity contribution in [1.82, 2.24) is 14.9 Å². The predicted octanol–water partition coefficient (Wildman–Crippen LogP) is 2.85. The van der Waals surface area contributed by atoms with Crippen molar-refractivity contribution in [3.05, 3.63) is 48.5 Å². The molecule has 1 heterocycles. The van der Waals surface area contributed by atoms with Crippen LogP contribution in [-0.2, 0) is 4.79 Å². The van der Waals surface area contributed by atoms with Gasteiger partial charge in [0.25, 0.3) is 0 Å². The highest BCUT2D eigenvalue weighted by atomic mass is 16.1. The first-order chi connectivity index (χ1) is 9.20. The summed E-state index contributed by atoms with van der Waals surface area (Å²) in [4.78, 5) is 15.6. The van der Waals surface area contributed by atoms with Gasteiger partial charge in [0.05, 0.1) is 12.4 Å². The Kier molecular flexibility index (Phi) is 4.34. The molecule has 100 valence electrons. The summed E-state index contributed by atoms with van der Waals surface area (Å²) in [5.74, 6) is 0.105. The molecule has 4 heteroatoms. The molecule has 0 fully saturated rings. The van der Waals surface area contributed by atoms with E-state index >= 15 is 0 Å². The maximum absolute atomic E-state index is 11.6. The molecule has 0 bridgehead atoms. The molecule has 0 aliphatic carbocycles. The quantitative estimate of drug-likeness (QED) is 0.895. The number of hydrogen-bond acceptors (Lipinski definition) is 2. The van der Waals surface area contributed by atoms with Gasteiger partial charge in [0.1, 0.15) is 0 Å². The fraction of sp³-hybridized carbons (Fsp3) is 0.333. The Morgan fingerprint density at radius 3 is 2.68 bits per heavy atom. The first-order valence-corrected chi connectivity index (χ1v) is 6.58. The number of aromatic nitrogens is 2. The van der Waals surface area contributed by atoms with E-state index in [4.69, 9.17) is 0 Å². The van der Waals surface area contributed by atoms with Crippen LogP contribution in [0.25, 0.3) is 5.69 Å². The van der Waals surface area contributed by atoms with Gasteiger partial charge in [-0.15, -0.1) is 0 Å². The highest BCUT2D eigenvalue weighted by molar-refractivity contribution is 5.76. The standard InChI is InChI=1S/C15H19N3O/c1-3-4-15(19)17-12(2)13-5-7-14(8-6-13)18-10-9-16-11-18/h5-12H,3-4H2,1-2H3,(H,17,19)/t12-/m1/s1. The number of nitrogens with one attached hydrogen (secondary N) is 1. The molecule has 0 spiro atoms. The zero-order chi connectivity index (χ0) is 13.7. The Balaban J connectivity index is 2.04. The van der Waals surface area contributed by atoms with Gasteiger partial charge in [-0.2, -0.15) is 0 Å². The van der Waals surface area contributed by atoms with Gasteiger partial charge in [0.15, 0.2) is 0 Å². The summed E-state index contributed by atoms with van der Waals surface area (Å²) < 4.78 is 1.95. The van der Waals surface area contributed by atoms with Gasteiger partial charge in [-0.1, -0.05) is 19.1 Å². The number of benzene rings is 1. The zero-order valence-electron chi connectivity index (χ0n) is 11.3. The normalized spacial score (nSPS) is 12.1. The minimum atomic E-state index is 0.0379. The lowest BCUT2D eigenvalue weighted by Gasteiger charge is -2.14. The Bertz CT molecular complexity index is 517. The number of carbonyl (C=O) groups excluding carboxylic acids is 1. The first kappa shape index (κ1) is 13.3. The van der Waals surface area contributed by atoms with Crippen LogP contribution in [0.5, 0.6) is 0 Å². The number of imidazole rings is 1. The van der Waals surface area contributed by atoms with E-state index in [0.717, 1.165) is 17.7 Å². The molecule has 2 aromatic rings. The molecular formula is C15H19N3O. The monoisotopic (exact) mass is 257 g/mol. The lowest BCUT2D eigenvalue weighted by atomic mass is 10.1. The molecule has 1 N–H and O–H groups in total. The van der Waals surface area contributed by atoms with E-state index in [1.807, 2.05) is 48.9 Å². The average Bonchev–Trinajstić information content (AvgIpc) is 2.93. The Labute approximate surface area is 113 Å². The van der Waals surface area contributed by atoms with Crippen molar-refractivity contribution in [1.29, 1.82) is 0 Å².